The van der Waals surface area contributed by atoms with E-state index in [1.165, 1.54) is 6.07 Å². The highest BCUT2D eigenvalue weighted by molar-refractivity contribution is 7.99. The van der Waals surface area contributed by atoms with Gasteiger partial charge in [0.25, 0.3) is 0 Å². The largest absolute Gasteiger partial charge is 0.370 e. The molecule has 0 aromatic heterocycles. The summed E-state index contributed by atoms with van der Waals surface area (Å²) in [5.41, 5.74) is 7.89. The number of nitrogens with two attached hydrogens (primary N) is 1. The predicted molar refractivity (Wildman–Crippen MR) is 68.5 cm³/mol. The summed E-state index contributed by atoms with van der Waals surface area (Å²) in [5.74, 6) is 2.06. The molecule has 0 amide bonds. The van der Waals surface area contributed by atoms with Crippen molar-refractivity contribution in [2.75, 3.05) is 29.5 Å². The Morgan fingerprint density at radius 1 is 1.38 bits per heavy atom. The van der Waals surface area contributed by atoms with E-state index in [9.17, 15) is 4.39 Å². The van der Waals surface area contributed by atoms with E-state index in [-0.39, 0.29) is 11.9 Å². The van der Waals surface area contributed by atoms with E-state index in [0.717, 1.165) is 35.8 Å². The molecular formula is C12H17FN2S. The maximum atomic E-state index is 13.2. The molecule has 0 aliphatic carbocycles. The zero-order valence-corrected chi connectivity index (χ0v) is 10.3. The molecule has 1 aliphatic heterocycles. The van der Waals surface area contributed by atoms with Crippen molar-refractivity contribution in [1.29, 1.82) is 0 Å². The molecule has 88 valence electrons. The van der Waals surface area contributed by atoms with Gasteiger partial charge in [0.15, 0.2) is 0 Å². The number of rotatable bonds is 2. The average molecular weight is 240 g/mol. The maximum Gasteiger partial charge on any atom is 0.123 e. The third-order valence-electron chi connectivity index (χ3n) is 2.83. The van der Waals surface area contributed by atoms with Crippen LogP contribution in [0.4, 0.5) is 10.1 Å². The Bertz CT molecular complexity index is 362. The maximum absolute atomic E-state index is 13.2. The molecule has 2 rings (SSSR count). The van der Waals surface area contributed by atoms with Crippen molar-refractivity contribution in [3.05, 3.63) is 29.6 Å². The summed E-state index contributed by atoms with van der Waals surface area (Å²) in [6.45, 7) is 3.95. The number of thioether (sulfide) groups is 1. The number of hydrogen-bond acceptors (Lipinski definition) is 3. The van der Waals surface area contributed by atoms with Gasteiger partial charge in [0.1, 0.15) is 5.82 Å². The highest BCUT2D eigenvalue weighted by atomic mass is 32.2. The molecule has 1 fully saturated rings. The Morgan fingerprint density at radius 2 is 2.06 bits per heavy atom. The van der Waals surface area contributed by atoms with Crippen LogP contribution in [0.1, 0.15) is 18.5 Å². The quantitative estimate of drug-likeness (QED) is 0.860. The molecule has 1 atom stereocenters. The highest BCUT2D eigenvalue weighted by Crippen LogP contribution is 2.28. The van der Waals surface area contributed by atoms with Crippen LogP contribution in [0, 0.1) is 5.82 Å². The normalized spacial score (nSPS) is 18.6. The smallest absolute Gasteiger partial charge is 0.123 e. The van der Waals surface area contributed by atoms with Crippen LogP contribution in [0.15, 0.2) is 18.2 Å². The summed E-state index contributed by atoms with van der Waals surface area (Å²) >= 11 is 1.96. The molecule has 1 aromatic carbocycles. The van der Waals surface area contributed by atoms with Crippen LogP contribution in [0.3, 0.4) is 0 Å². The van der Waals surface area contributed by atoms with E-state index in [4.69, 9.17) is 5.73 Å². The van der Waals surface area contributed by atoms with E-state index in [2.05, 4.69) is 4.90 Å². The molecule has 0 bridgehead atoms. The van der Waals surface area contributed by atoms with Crippen LogP contribution in [0.2, 0.25) is 0 Å². The summed E-state index contributed by atoms with van der Waals surface area (Å²) in [6, 6.07) is 4.80. The Morgan fingerprint density at radius 3 is 2.69 bits per heavy atom. The minimum absolute atomic E-state index is 0.125. The molecule has 0 radical (unpaired) electrons. The first-order valence-electron chi connectivity index (χ1n) is 5.56. The molecule has 4 heteroatoms. The zero-order valence-electron chi connectivity index (χ0n) is 9.45. The Labute approximate surface area is 100 Å². The molecule has 1 aliphatic rings. The average Bonchev–Trinajstić information content (AvgIpc) is 2.30. The third-order valence-corrected chi connectivity index (χ3v) is 3.77. The fourth-order valence-electron chi connectivity index (χ4n) is 1.98. The van der Waals surface area contributed by atoms with E-state index in [1.807, 2.05) is 24.8 Å². The second-order valence-electron chi connectivity index (χ2n) is 4.09. The van der Waals surface area contributed by atoms with Gasteiger partial charge in [-0.3, -0.25) is 0 Å². The van der Waals surface area contributed by atoms with Crippen LogP contribution in [0.5, 0.6) is 0 Å². The van der Waals surface area contributed by atoms with Crippen LogP contribution in [0.25, 0.3) is 0 Å². The zero-order chi connectivity index (χ0) is 11.5. The van der Waals surface area contributed by atoms with Gasteiger partial charge < -0.3 is 10.6 Å². The first-order chi connectivity index (χ1) is 7.68. The molecule has 0 spiro atoms. The van der Waals surface area contributed by atoms with E-state index >= 15 is 0 Å². The molecule has 2 N–H and O–H groups in total. The summed E-state index contributed by atoms with van der Waals surface area (Å²) in [7, 11) is 0. The highest BCUT2D eigenvalue weighted by Gasteiger charge is 2.16. The van der Waals surface area contributed by atoms with Crippen molar-refractivity contribution in [3.63, 3.8) is 0 Å². The summed E-state index contributed by atoms with van der Waals surface area (Å²) in [6.07, 6.45) is 0. The first-order valence-corrected chi connectivity index (χ1v) is 6.71. The van der Waals surface area contributed by atoms with Gasteiger partial charge in [0.2, 0.25) is 0 Å². The van der Waals surface area contributed by atoms with Crippen molar-refractivity contribution in [2.24, 2.45) is 5.73 Å². The van der Waals surface area contributed by atoms with Gasteiger partial charge in [-0.15, -0.1) is 0 Å². The third kappa shape index (κ3) is 2.50. The van der Waals surface area contributed by atoms with Gasteiger partial charge in [-0.05, 0) is 30.7 Å². The summed E-state index contributed by atoms with van der Waals surface area (Å²) < 4.78 is 13.2. The molecule has 0 saturated carbocycles. The molecule has 1 aromatic rings. The first kappa shape index (κ1) is 11.7. The topological polar surface area (TPSA) is 29.3 Å². The van der Waals surface area contributed by atoms with Gasteiger partial charge in [0.05, 0.1) is 0 Å². The standard InChI is InChI=1S/C12H17FN2S/c1-9(14)11-8-10(13)2-3-12(11)15-4-6-16-7-5-15/h2-3,8-9H,4-7,14H2,1H3/t9-/m0/s1. The van der Waals surface area contributed by atoms with Gasteiger partial charge in [-0.25, -0.2) is 4.39 Å². The molecule has 1 saturated heterocycles. The predicted octanol–water partition coefficient (Wildman–Crippen LogP) is 2.40. The lowest BCUT2D eigenvalue weighted by Crippen LogP contribution is -2.33. The Hall–Kier alpha value is -0.740. The second kappa shape index (κ2) is 5.06. The molecule has 1 heterocycles. The number of nitrogens with zero attached hydrogens (tertiary/aromatic N) is 1. The molecule has 16 heavy (non-hydrogen) atoms. The van der Waals surface area contributed by atoms with E-state index in [1.54, 1.807) is 6.07 Å². The van der Waals surface area contributed by atoms with Crippen LogP contribution >= 0.6 is 11.8 Å². The fourth-order valence-corrected chi connectivity index (χ4v) is 2.89. The van der Waals surface area contributed by atoms with Crippen molar-refractivity contribution >= 4 is 17.4 Å². The lowest BCUT2D eigenvalue weighted by Gasteiger charge is -2.31. The van der Waals surface area contributed by atoms with Gasteiger partial charge in [-0.1, -0.05) is 0 Å². The minimum Gasteiger partial charge on any atom is -0.370 e. The van der Waals surface area contributed by atoms with Gasteiger partial charge in [0, 0.05) is 36.3 Å². The van der Waals surface area contributed by atoms with Crippen molar-refractivity contribution in [3.8, 4) is 0 Å². The van der Waals surface area contributed by atoms with Crippen LogP contribution in [-0.4, -0.2) is 24.6 Å². The SMILES string of the molecule is C[C@H](N)c1cc(F)ccc1N1CCSCC1. The second-order valence-corrected chi connectivity index (χ2v) is 5.32. The minimum atomic E-state index is -0.206. The molecule has 0 unspecified atom stereocenters. The Balaban J connectivity index is 2.31. The summed E-state index contributed by atoms with van der Waals surface area (Å²) in [4.78, 5) is 2.30. The van der Waals surface area contributed by atoms with Crippen LogP contribution < -0.4 is 10.6 Å². The van der Waals surface area contributed by atoms with Crippen molar-refractivity contribution < 1.29 is 4.39 Å². The lowest BCUT2D eigenvalue weighted by molar-refractivity contribution is 0.621. The van der Waals surface area contributed by atoms with Crippen LogP contribution in [-0.2, 0) is 0 Å². The monoisotopic (exact) mass is 240 g/mol. The van der Waals surface area contributed by atoms with Gasteiger partial charge >= 0.3 is 0 Å². The summed E-state index contributed by atoms with van der Waals surface area (Å²) in [5, 5.41) is 0. The lowest BCUT2D eigenvalue weighted by atomic mass is 10.1. The Kier molecular flexibility index (Phi) is 3.71. The number of anilines is 1. The van der Waals surface area contributed by atoms with Gasteiger partial charge in [-0.2, -0.15) is 11.8 Å². The fraction of sp³-hybridized carbons (Fsp3) is 0.500. The molecular weight excluding hydrogens is 223 g/mol. The number of benzene rings is 1. The number of hydrogen-bond donors (Lipinski definition) is 1. The van der Waals surface area contributed by atoms with Crippen molar-refractivity contribution in [2.45, 2.75) is 13.0 Å². The van der Waals surface area contributed by atoms with Crippen molar-refractivity contribution in [1.82, 2.24) is 0 Å². The number of halogens is 1. The van der Waals surface area contributed by atoms with E-state index in [0.29, 0.717) is 0 Å². The molecule has 2 nitrogen and oxygen atoms in total. The van der Waals surface area contributed by atoms with E-state index < -0.39 is 0 Å².